The summed E-state index contributed by atoms with van der Waals surface area (Å²) in [6.07, 6.45) is 6.32. The van der Waals surface area contributed by atoms with Gasteiger partial charge in [-0.25, -0.2) is 0 Å². The van der Waals surface area contributed by atoms with E-state index in [-0.39, 0.29) is 5.78 Å². The Morgan fingerprint density at radius 1 is 1.29 bits per heavy atom. The summed E-state index contributed by atoms with van der Waals surface area (Å²) in [6.45, 7) is 0.513. The molecule has 0 radical (unpaired) electrons. The molecule has 0 saturated heterocycles. The van der Waals surface area contributed by atoms with Gasteiger partial charge in [0, 0.05) is 17.9 Å². The first-order valence-corrected chi connectivity index (χ1v) is 6.34. The van der Waals surface area contributed by atoms with Crippen molar-refractivity contribution in [3.05, 3.63) is 41.5 Å². The lowest BCUT2D eigenvalue weighted by Crippen LogP contribution is -2.10. The number of ether oxygens (including phenoxy) is 1. The molecule has 1 aliphatic rings. The molecule has 17 heavy (non-hydrogen) atoms. The van der Waals surface area contributed by atoms with Crippen molar-refractivity contribution in [3.8, 4) is 5.75 Å². The Balaban J connectivity index is 2.05. The SMILES string of the molecule is O=C1CCCc2cc(OCC=CCCl)ccc21. The third-order valence-corrected chi connectivity index (χ3v) is 3.01. The highest BCUT2D eigenvalue weighted by molar-refractivity contribution is 6.18. The molecule has 0 aliphatic heterocycles. The normalized spacial score (nSPS) is 15.0. The second-order valence-electron chi connectivity index (χ2n) is 4.03. The highest BCUT2D eigenvalue weighted by atomic mass is 35.5. The van der Waals surface area contributed by atoms with Crippen LogP contribution in [0, 0.1) is 0 Å². The Hall–Kier alpha value is -1.28. The van der Waals surface area contributed by atoms with Crippen LogP contribution in [-0.2, 0) is 6.42 Å². The topological polar surface area (TPSA) is 26.3 Å². The fourth-order valence-corrected chi connectivity index (χ4v) is 2.11. The predicted molar refractivity (Wildman–Crippen MR) is 69.1 cm³/mol. The number of alkyl halides is 1. The van der Waals surface area contributed by atoms with Crippen LogP contribution in [0.25, 0.3) is 0 Å². The second-order valence-corrected chi connectivity index (χ2v) is 4.34. The van der Waals surface area contributed by atoms with Gasteiger partial charge >= 0.3 is 0 Å². The molecule has 0 bridgehead atoms. The first-order valence-electron chi connectivity index (χ1n) is 5.81. The van der Waals surface area contributed by atoms with Gasteiger partial charge in [-0.15, -0.1) is 11.6 Å². The summed E-state index contributed by atoms with van der Waals surface area (Å²) in [6, 6.07) is 5.70. The largest absolute Gasteiger partial charge is 0.490 e. The van der Waals surface area contributed by atoms with Gasteiger partial charge in [0.1, 0.15) is 12.4 Å². The van der Waals surface area contributed by atoms with Crippen LogP contribution in [0.15, 0.2) is 30.4 Å². The number of rotatable bonds is 4. The van der Waals surface area contributed by atoms with Crippen molar-refractivity contribution in [3.63, 3.8) is 0 Å². The predicted octanol–water partition coefficient (Wildman–Crippen LogP) is 3.38. The minimum absolute atomic E-state index is 0.250. The number of aryl methyl sites for hydroxylation is 1. The van der Waals surface area contributed by atoms with Gasteiger partial charge in [0.15, 0.2) is 5.78 Å². The molecule has 1 aromatic rings. The summed E-state index contributed by atoms with van der Waals surface area (Å²) in [5.41, 5.74) is 1.97. The van der Waals surface area contributed by atoms with Crippen molar-refractivity contribution in [2.24, 2.45) is 0 Å². The summed E-state index contributed by atoms with van der Waals surface area (Å²) in [7, 11) is 0. The highest BCUT2D eigenvalue weighted by Crippen LogP contribution is 2.25. The lowest BCUT2D eigenvalue weighted by Gasteiger charge is -2.15. The number of fused-ring (bicyclic) bond motifs is 1. The van der Waals surface area contributed by atoms with Crippen molar-refractivity contribution in [2.75, 3.05) is 12.5 Å². The third-order valence-electron chi connectivity index (χ3n) is 2.83. The lowest BCUT2D eigenvalue weighted by molar-refractivity contribution is 0.0972. The van der Waals surface area contributed by atoms with E-state index >= 15 is 0 Å². The van der Waals surface area contributed by atoms with Gasteiger partial charge in [-0.1, -0.05) is 12.2 Å². The standard InChI is InChI=1S/C14H15ClO2/c15-8-1-2-9-17-12-6-7-13-11(10-12)4-3-5-14(13)16/h1-2,6-7,10H,3-5,8-9H2. The Kier molecular flexibility index (Phi) is 4.21. The lowest BCUT2D eigenvalue weighted by atomic mass is 9.91. The van der Waals surface area contributed by atoms with Crippen LogP contribution < -0.4 is 4.74 Å². The molecule has 1 aliphatic carbocycles. The van der Waals surface area contributed by atoms with E-state index in [0.717, 1.165) is 29.7 Å². The van der Waals surface area contributed by atoms with E-state index in [4.69, 9.17) is 16.3 Å². The van der Waals surface area contributed by atoms with E-state index in [1.807, 2.05) is 30.4 Å². The molecule has 2 nitrogen and oxygen atoms in total. The molecule has 0 unspecified atom stereocenters. The van der Waals surface area contributed by atoms with E-state index in [0.29, 0.717) is 18.9 Å². The average molecular weight is 251 g/mol. The van der Waals surface area contributed by atoms with Gasteiger partial charge in [0.05, 0.1) is 0 Å². The summed E-state index contributed by atoms with van der Waals surface area (Å²) >= 11 is 5.51. The monoisotopic (exact) mass is 250 g/mol. The van der Waals surface area contributed by atoms with Gasteiger partial charge in [-0.2, -0.15) is 0 Å². The van der Waals surface area contributed by atoms with Gasteiger partial charge in [0.2, 0.25) is 0 Å². The first kappa shape index (κ1) is 12.2. The van der Waals surface area contributed by atoms with Gasteiger partial charge in [-0.3, -0.25) is 4.79 Å². The molecular weight excluding hydrogens is 236 g/mol. The molecule has 90 valence electrons. The average Bonchev–Trinajstić information content (AvgIpc) is 2.35. The molecule has 0 amide bonds. The Labute approximate surface area is 106 Å². The molecule has 0 aromatic heterocycles. The molecule has 1 aromatic carbocycles. The molecular formula is C14H15ClO2. The van der Waals surface area contributed by atoms with E-state index < -0.39 is 0 Å². The van der Waals surface area contributed by atoms with Crippen molar-refractivity contribution in [1.29, 1.82) is 0 Å². The van der Waals surface area contributed by atoms with Crippen LogP contribution in [0.2, 0.25) is 0 Å². The van der Waals surface area contributed by atoms with Crippen molar-refractivity contribution < 1.29 is 9.53 Å². The summed E-state index contributed by atoms with van der Waals surface area (Å²) in [5.74, 6) is 1.57. The van der Waals surface area contributed by atoms with Crippen LogP contribution >= 0.6 is 11.6 Å². The summed E-state index contributed by atoms with van der Waals surface area (Å²) in [4.78, 5) is 11.6. The van der Waals surface area contributed by atoms with Crippen LogP contribution in [0.3, 0.4) is 0 Å². The number of carbonyl (C=O) groups is 1. The number of hydrogen-bond acceptors (Lipinski definition) is 2. The number of ketones is 1. The Morgan fingerprint density at radius 3 is 3.00 bits per heavy atom. The van der Waals surface area contributed by atoms with Crippen LogP contribution in [0.1, 0.15) is 28.8 Å². The second kappa shape index (κ2) is 5.87. The number of benzene rings is 1. The zero-order valence-electron chi connectivity index (χ0n) is 9.62. The number of hydrogen-bond donors (Lipinski definition) is 0. The van der Waals surface area contributed by atoms with Gasteiger partial charge in [-0.05, 0) is 36.6 Å². The summed E-state index contributed by atoms with van der Waals surface area (Å²) < 4.78 is 5.55. The summed E-state index contributed by atoms with van der Waals surface area (Å²) in [5, 5.41) is 0. The van der Waals surface area contributed by atoms with E-state index in [2.05, 4.69) is 0 Å². The Morgan fingerprint density at radius 2 is 2.18 bits per heavy atom. The number of Topliss-reactive ketones (excluding diaryl/α,β-unsaturated/α-hetero) is 1. The van der Waals surface area contributed by atoms with Gasteiger partial charge in [0.25, 0.3) is 0 Å². The van der Waals surface area contributed by atoms with Crippen molar-refractivity contribution in [2.45, 2.75) is 19.3 Å². The smallest absolute Gasteiger partial charge is 0.163 e. The fourth-order valence-electron chi connectivity index (χ4n) is 1.99. The zero-order chi connectivity index (χ0) is 12.1. The van der Waals surface area contributed by atoms with Gasteiger partial charge < -0.3 is 4.74 Å². The fraction of sp³-hybridized carbons (Fsp3) is 0.357. The molecule has 2 rings (SSSR count). The van der Waals surface area contributed by atoms with E-state index in [1.165, 1.54) is 0 Å². The van der Waals surface area contributed by atoms with Crippen LogP contribution in [0.4, 0.5) is 0 Å². The molecule has 0 heterocycles. The number of allylic oxidation sites excluding steroid dienone is 1. The third kappa shape index (κ3) is 3.10. The maximum absolute atomic E-state index is 11.6. The molecule has 3 heteroatoms. The molecule has 0 fully saturated rings. The molecule has 0 saturated carbocycles. The van der Waals surface area contributed by atoms with E-state index in [9.17, 15) is 4.79 Å². The number of halogens is 1. The molecule has 0 N–H and O–H groups in total. The molecule has 0 spiro atoms. The zero-order valence-corrected chi connectivity index (χ0v) is 10.4. The minimum Gasteiger partial charge on any atom is -0.490 e. The van der Waals surface area contributed by atoms with Crippen LogP contribution in [0.5, 0.6) is 5.75 Å². The highest BCUT2D eigenvalue weighted by Gasteiger charge is 2.17. The van der Waals surface area contributed by atoms with Crippen molar-refractivity contribution in [1.82, 2.24) is 0 Å². The van der Waals surface area contributed by atoms with Crippen molar-refractivity contribution >= 4 is 17.4 Å². The Bertz CT molecular complexity index is 438. The van der Waals surface area contributed by atoms with E-state index in [1.54, 1.807) is 0 Å². The number of carbonyl (C=O) groups excluding carboxylic acids is 1. The maximum atomic E-state index is 11.6. The first-order chi connectivity index (χ1) is 8.31. The minimum atomic E-state index is 0.250. The molecule has 0 atom stereocenters. The maximum Gasteiger partial charge on any atom is 0.163 e. The van der Waals surface area contributed by atoms with Crippen LogP contribution in [-0.4, -0.2) is 18.3 Å². The quantitative estimate of drug-likeness (QED) is 0.605.